The van der Waals surface area contributed by atoms with Crippen molar-refractivity contribution in [2.24, 2.45) is 0 Å². The number of aromatic amines is 1. The van der Waals surface area contributed by atoms with E-state index in [0.29, 0.717) is 22.8 Å². The highest BCUT2D eigenvalue weighted by atomic mass is 16.2. The molecule has 1 aliphatic rings. The number of aryl methyl sites for hydroxylation is 1. The molecule has 1 unspecified atom stereocenters. The Morgan fingerprint density at radius 2 is 2.28 bits per heavy atom. The molecule has 1 fully saturated rings. The van der Waals surface area contributed by atoms with E-state index in [2.05, 4.69) is 25.2 Å². The maximum atomic E-state index is 12.4. The lowest BCUT2D eigenvalue weighted by Crippen LogP contribution is -2.47. The third-order valence-corrected chi connectivity index (χ3v) is 4.46. The minimum absolute atomic E-state index is 0.0386. The molecule has 0 spiro atoms. The Balaban J connectivity index is 1.72. The van der Waals surface area contributed by atoms with Gasteiger partial charge >= 0.3 is 0 Å². The van der Waals surface area contributed by atoms with Gasteiger partial charge < -0.3 is 15.2 Å². The van der Waals surface area contributed by atoms with Crippen molar-refractivity contribution >= 4 is 5.91 Å². The van der Waals surface area contributed by atoms with Gasteiger partial charge in [0.25, 0.3) is 5.56 Å². The Labute approximate surface area is 146 Å². The molecular formula is C18H23N5O2. The van der Waals surface area contributed by atoms with Gasteiger partial charge in [0.05, 0.1) is 6.42 Å². The lowest BCUT2D eigenvalue weighted by Gasteiger charge is -2.30. The Hall–Kier alpha value is -2.54. The number of rotatable bonds is 4. The number of likely N-dealkylation sites (tertiary alicyclic amines) is 1. The number of carbonyl (C=O) groups is 1. The highest BCUT2D eigenvalue weighted by molar-refractivity contribution is 5.79. The molecule has 7 nitrogen and oxygen atoms in total. The number of nitrogens with one attached hydrogen (secondary N) is 2. The summed E-state index contributed by atoms with van der Waals surface area (Å²) in [5.74, 6) is 0.280. The van der Waals surface area contributed by atoms with Crippen LogP contribution in [0.4, 0.5) is 0 Å². The molecule has 1 aliphatic heterocycles. The Bertz CT molecular complexity index is 803. The van der Waals surface area contributed by atoms with E-state index in [0.717, 1.165) is 25.9 Å². The highest BCUT2D eigenvalue weighted by Crippen LogP contribution is 2.12. The number of piperidine rings is 1. The third kappa shape index (κ3) is 4.30. The second-order valence-corrected chi connectivity index (χ2v) is 6.54. The molecule has 132 valence electrons. The maximum Gasteiger partial charge on any atom is 0.255 e. The van der Waals surface area contributed by atoms with Gasteiger partial charge in [-0.2, -0.15) is 0 Å². The highest BCUT2D eigenvalue weighted by Gasteiger charge is 2.20. The second kappa shape index (κ2) is 7.57. The molecule has 7 heteroatoms. The number of hydrogen-bond donors (Lipinski definition) is 2. The fourth-order valence-corrected chi connectivity index (χ4v) is 3.17. The lowest BCUT2D eigenvalue weighted by atomic mass is 10.1. The van der Waals surface area contributed by atoms with Crippen LogP contribution in [0.5, 0.6) is 0 Å². The fourth-order valence-electron chi connectivity index (χ4n) is 3.17. The molecule has 0 bridgehead atoms. The minimum atomic E-state index is -0.288. The summed E-state index contributed by atoms with van der Waals surface area (Å²) in [7, 11) is 2.05. The van der Waals surface area contributed by atoms with Crippen LogP contribution >= 0.6 is 0 Å². The van der Waals surface area contributed by atoms with E-state index >= 15 is 0 Å². The number of pyridine rings is 1. The van der Waals surface area contributed by atoms with E-state index in [9.17, 15) is 9.59 Å². The topological polar surface area (TPSA) is 91.0 Å². The Morgan fingerprint density at radius 1 is 1.44 bits per heavy atom. The number of aromatic nitrogens is 3. The van der Waals surface area contributed by atoms with Gasteiger partial charge in [-0.1, -0.05) is 6.07 Å². The van der Waals surface area contributed by atoms with Crippen molar-refractivity contribution in [3.8, 4) is 11.5 Å². The summed E-state index contributed by atoms with van der Waals surface area (Å²) in [6.07, 6.45) is 3.73. The van der Waals surface area contributed by atoms with Crippen LogP contribution in [0.2, 0.25) is 0 Å². The Kier molecular flexibility index (Phi) is 5.23. The minimum Gasteiger partial charge on any atom is -0.352 e. The van der Waals surface area contributed by atoms with Crippen molar-refractivity contribution < 1.29 is 4.79 Å². The Morgan fingerprint density at radius 3 is 2.96 bits per heavy atom. The molecule has 1 saturated heterocycles. The van der Waals surface area contributed by atoms with Gasteiger partial charge in [-0.3, -0.25) is 14.6 Å². The number of nitrogens with zero attached hydrogens (tertiary/aromatic N) is 3. The van der Waals surface area contributed by atoms with Gasteiger partial charge in [-0.25, -0.2) is 4.98 Å². The van der Waals surface area contributed by atoms with Gasteiger partial charge in [0.2, 0.25) is 5.91 Å². The van der Waals surface area contributed by atoms with Crippen LogP contribution in [-0.4, -0.2) is 51.9 Å². The molecule has 1 atom stereocenters. The molecule has 3 heterocycles. The third-order valence-electron chi connectivity index (χ3n) is 4.46. The van der Waals surface area contributed by atoms with Crippen molar-refractivity contribution in [3.63, 3.8) is 0 Å². The van der Waals surface area contributed by atoms with Crippen molar-refractivity contribution in [2.45, 2.75) is 32.2 Å². The van der Waals surface area contributed by atoms with Crippen LogP contribution < -0.4 is 10.9 Å². The van der Waals surface area contributed by atoms with E-state index in [4.69, 9.17) is 0 Å². The van der Waals surface area contributed by atoms with E-state index in [-0.39, 0.29) is 23.9 Å². The zero-order valence-corrected chi connectivity index (χ0v) is 14.6. The molecule has 0 aliphatic carbocycles. The molecule has 2 aromatic rings. The average Bonchev–Trinajstić information content (AvgIpc) is 2.59. The summed E-state index contributed by atoms with van der Waals surface area (Å²) in [6, 6.07) is 5.56. The summed E-state index contributed by atoms with van der Waals surface area (Å²) >= 11 is 0. The molecule has 1 amide bonds. The molecular weight excluding hydrogens is 318 g/mol. The summed E-state index contributed by atoms with van der Waals surface area (Å²) in [4.78, 5) is 38.3. The van der Waals surface area contributed by atoms with Crippen LogP contribution in [0, 0.1) is 6.92 Å². The monoisotopic (exact) mass is 341 g/mol. The molecule has 0 radical (unpaired) electrons. The lowest BCUT2D eigenvalue weighted by molar-refractivity contribution is -0.121. The van der Waals surface area contributed by atoms with E-state index in [1.165, 1.54) is 0 Å². The molecule has 25 heavy (non-hydrogen) atoms. The van der Waals surface area contributed by atoms with Gasteiger partial charge in [-0.05, 0) is 45.5 Å². The van der Waals surface area contributed by atoms with Gasteiger partial charge in [-0.15, -0.1) is 0 Å². The average molecular weight is 341 g/mol. The van der Waals surface area contributed by atoms with Crippen molar-refractivity contribution in [1.29, 1.82) is 0 Å². The summed E-state index contributed by atoms with van der Waals surface area (Å²) in [6.45, 7) is 3.65. The normalized spacial score (nSPS) is 18.1. The number of likely N-dealkylation sites (N-methyl/N-ethyl adjacent to an activating group) is 1. The van der Waals surface area contributed by atoms with Crippen molar-refractivity contribution in [2.75, 3.05) is 20.1 Å². The predicted octanol–water partition coefficient (Wildman–Crippen LogP) is 0.893. The standard InChI is InChI=1S/C18H23N5O2/c1-12-14(10-16(24)21-13-6-5-9-23(2)11-13)18(25)22-17(20-12)15-7-3-4-8-19-15/h3-4,7-8,13H,5-6,9-11H2,1-2H3,(H,21,24)(H,20,22,25). The van der Waals surface area contributed by atoms with Crippen LogP contribution in [0.1, 0.15) is 24.1 Å². The molecule has 2 aromatic heterocycles. The summed E-state index contributed by atoms with van der Waals surface area (Å²) in [5.41, 5.74) is 1.27. The second-order valence-electron chi connectivity index (χ2n) is 6.54. The van der Waals surface area contributed by atoms with Crippen molar-refractivity contribution in [3.05, 3.63) is 46.0 Å². The quantitative estimate of drug-likeness (QED) is 0.862. The zero-order chi connectivity index (χ0) is 17.8. The van der Waals surface area contributed by atoms with Crippen LogP contribution in [-0.2, 0) is 11.2 Å². The predicted molar refractivity (Wildman–Crippen MR) is 95.2 cm³/mol. The first-order chi connectivity index (χ1) is 12.0. The molecule has 0 saturated carbocycles. The smallest absolute Gasteiger partial charge is 0.255 e. The first kappa shape index (κ1) is 17.3. The number of carbonyl (C=O) groups excluding carboxylic acids is 1. The van der Waals surface area contributed by atoms with Crippen LogP contribution in [0.25, 0.3) is 11.5 Å². The zero-order valence-electron chi connectivity index (χ0n) is 14.6. The SMILES string of the molecule is Cc1nc(-c2ccccn2)[nH]c(=O)c1CC(=O)NC1CCCN(C)C1. The first-order valence-electron chi connectivity index (χ1n) is 8.52. The van der Waals surface area contributed by atoms with E-state index < -0.39 is 0 Å². The largest absolute Gasteiger partial charge is 0.352 e. The van der Waals surface area contributed by atoms with Crippen molar-refractivity contribution in [1.82, 2.24) is 25.2 Å². The van der Waals surface area contributed by atoms with Gasteiger partial charge in [0.15, 0.2) is 5.82 Å². The summed E-state index contributed by atoms with van der Waals surface area (Å²) < 4.78 is 0. The number of amides is 1. The van der Waals surface area contributed by atoms with Gasteiger partial charge in [0.1, 0.15) is 5.69 Å². The first-order valence-corrected chi connectivity index (χ1v) is 8.52. The molecule has 3 rings (SSSR count). The summed E-state index contributed by atoms with van der Waals surface area (Å²) in [5, 5.41) is 3.02. The van der Waals surface area contributed by atoms with E-state index in [1.807, 2.05) is 13.1 Å². The van der Waals surface area contributed by atoms with Gasteiger partial charge in [0, 0.05) is 30.0 Å². The van der Waals surface area contributed by atoms with Crippen LogP contribution in [0.15, 0.2) is 29.2 Å². The number of hydrogen-bond acceptors (Lipinski definition) is 5. The molecule has 2 N–H and O–H groups in total. The fraction of sp³-hybridized carbons (Fsp3) is 0.444. The van der Waals surface area contributed by atoms with Crippen LogP contribution in [0.3, 0.4) is 0 Å². The number of H-pyrrole nitrogens is 1. The molecule has 0 aromatic carbocycles. The maximum absolute atomic E-state index is 12.4. The van der Waals surface area contributed by atoms with E-state index in [1.54, 1.807) is 25.3 Å².